The second kappa shape index (κ2) is 5.89. The Morgan fingerprint density at radius 2 is 1.65 bits per heavy atom. The van der Waals surface area contributed by atoms with Gasteiger partial charge in [0.25, 0.3) is 0 Å². The highest BCUT2D eigenvalue weighted by Crippen LogP contribution is 2.29. The average molecular weight is 276 g/mol. The molecule has 0 aliphatic carbocycles. The summed E-state index contributed by atoms with van der Waals surface area (Å²) in [6, 6.07) is 6.47. The van der Waals surface area contributed by atoms with Crippen LogP contribution < -0.4 is 15.5 Å². The van der Waals surface area contributed by atoms with Crippen LogP contribution in [0.15, 0.2) is 18.2 Å². The Labute approximate surface area is 120 Å². The van der Waals surface area contributed by atoms with Crippen LogP contribution in [-0.4, -0.2) is 64.4 Å². The topological polar surface area (TPSA) is 45.0 Å². The summed E-state index contributed by atoms with van der Waals surface area (Å²) in [4.78, 5) is 7.08. The van der Waals surface area contributed by atoms with Crippen molar-refractivity contribution in [3.63, 3.8) is 0 Å². The molecule has 2 heterocycles. The van der Waals surface area contributed by atoms with Crippen LogP contribution in [0.4, 0.5) is 17.1 Å². The Morgan fingerprint density at radius 3 is 2.30 bits per heavy atom. The van der Waals surface area contributed by atoms with Gasteiger partial charge < -0.3 is 25.2 Å². The average Bonchev–Trinajstić information content (AvgIpc) is 2.49. The summed E-state index contributed by atoms with van der Waals surface area (Å²) >= 11 is 0. The lowest BCUT2D eigenvalue weighted by Gasteiger charge is -2.35. The van der Waals surface area contributed by atoms with Crippen LogP contribution in [0.5, 0.6) is 0 Å². The van der Waals surface area contributed by atoms with E-state index in [0.717, 1.165) is 58.2 Å². The first-order valence-corrected chi connectivity index (χ1v) is 7.40. The fraction of sp³-hybridized carbons (Fsp3) is 0.600. The molecule has 0 aromatic heterocycles. The largest absolute Gasteiger partial charge is 0.397 e. The van der Waals surface area contributed by atoms with Gasteiger partial charge in [-0.3, -0.25) is 0 Å². The minimum atomic E-state index is 0.806. The lowest BCUT2D eigenvalue weighted by atomic mass is 10.2. The molecule has 1 aromatic rings. The molecular formula is C15H24N4O. The van der Waals surface area contributed by atoms with Crippen LogP contribution in [0.2, 0.25) is 0 Å². The smallest absolute Gasteiger partial charge is 0.0642 e. The minimum absolute atomic E-state index is 0.806. The molecule has 2 fully saturated rings. The summed E-state index contributed by atoms with van der Waals surface area (Å²) in [5, 5.41) is 0. The molecule has 0 saturated carbocycles. The Hall–Kier alpha value is -1.46. The normalized spacial score (nSPS) is 21.2. The van der Waals surface area contributed by atoms with Gasteiger partial charge in [-0.05, 0) is 25.2 Å². The molecule has 5 nitrogen and oxygen atoms in total. The minimum Gasteiger partial charge on any atom is -0.397 e. The number of likely N-dealkylation sites (N-methyl/N-ethyl adjacent to an activating group) is 1. The van der Waals surface area contributed by atoms with Crippen molar-refractivity contribution in [2.45, 2.75) is 0 Å². The van der Waals surface area contributed by atoms with Crippen LogP contribution >= 0.6 is 0 Å². The van der Waals surface area contributed by atoms with E-state index in [2.05, 4.69) is 39.9 Å². The van der Waals surface area contributed by atoms with Gasteiger partial charge in [-0.1, -0.05) is 0 Å². The van der Waals surface area contributed by atoms with Crippen molar-refractivity contribution in [3.05, 3.63) is 18.2 Å². The first-order chi connectivity index (χ1) is 9.74. The molecule has 0 atom stereocenters. The van der Waals surface area contributed by atoms with E-state index < -0.39 is 0 Å². The number of hydrogen-bond acceptors (Lipinski definition) is 5. The summed E-state index contributed by atoms with van der Waals surface area (Å²) in [7, 11) is 2.17. The van der Waals surface area contributed by atoms with E-state index in [1.54, 1.807) is 0 Å². The maximum absolute atomic E-state index is 6.28. The van der Waals surface area contributed by atoms with Gasteiger partial charge in [0.05, 0.1) is 24.6 Å². The van der Waals surface area contributed by atoms with Gasteiger partial charge in [0.2, 0.25) is 0 Å². The van der Waals surface area contributed by atoms with Crippen LogP contribution in [0.3, 0.4) is 0 Å². The predicted molar refractivity (Wildman–Crippen MR) is 83.6 cm³/mol. The van der Waals surface area contributed by atoms with E-state index in [9.17, 15) is 0 Å². The molecule has 110 valence electrons. The summed E-state index contributed by atoms with van der Waals surface area (Å²) in [6.45, 7) is 7.82. The van der Waals surface area contributed by atoms with Crippen LogP contribution in [0.25, 0.3) is 0 Å². The summed E-state index contributed by atoms with van der Waals surface area (Å²) < 4.78 is 5.39. The number of benzene rings is 1. The molecule has 0 amide bonds. The summed E-state index contributed by atoms with van der Waals surface area (Å²) in [6.07, 6.45) is 0. The van der Waals surface area contributed by atoms with E-state index in [1.165, 1.54) is 11.4 Å². The van der Waals surface area contributed by atoms with Gasteiger partial charge in [0.1, 0.15) is 0 Å². The van der Waals surface area contributed by atoms with Crippen molar-refractivity contribution >= 4 is 17.1 Å². The zero-order valence-electron chi connectivity index (χ0n) is 12.2. The van der Waals surface area contributed by atoms with Crippen molar-refractivity contribution in [1.29, 1.82) is 0 Å². The number of nitrogens with zero attached hydrogens (tertiary/aromatic N) is 3. The highest BCUT2D eigenvalue weighted by atomic mass is 16.5. The molecule has 2 aliphatic rings. The number of nitrogens with two attached hydrogens (primary N) is 1. The Bertz CT molecular complexity index is 451. The molecule has 2 saturated heterocycles. The Balaban J connectivity index is 1.73. The van der Waals surface area contributed by atoms with Crippen LogP contribution in [0, 0.1) is 0 Å². The van der Waals surface area contributed by atoms with E-state index in [0.29, 0.717) is 0 Å². The highest BCUT2D eigenvalue weighted by molar-refractivity contribution is 5.73. The van der Waals surface area contributed by atoms with Gasteiger partial charge in [-0.15, -0.1) is 0 Å². The third kappa shape index (κ3) is 2.83. The molecule has 2 N–H and O–H groups in total. The van der Waals surface area contributed by atoms with Crippen molar-refractivity contribution < 1.29 is 4.74 Å². The zero-order chi connectivity index (χ0) is 13.9. The number of ether oxygens (including phenoxy) is 1. The monoisotopic (exact) mass is 276 g/mol. The fourth-order valence-corrected chi connectivity index (χ4v) is 2.90. The van der Waals surface area contributed by atoms with E-state index in [1.807, 2.05) is 0 Å². The molecule has 0 radical (unpaired) electrons. The van der Waals surface area contributed by atoms with Gasteiger partial charge in [-0.25, -0.2) is 0 Å². The maximum atomic E-state index is 6.28. The number of rotatable bonds is 2. The molecule has 3 rings (SSSR count). The third-order valence-corrected chi connectivity index (χ3v) is 4.23. The van der Waals surface area contributed by atoms with Crippen molar-refractivity contribution in [2.75, 3.05) is 75.1 Å². The highest BCUT2D eigenvalue weighted by Gasteiger charge is 2.18. The van der Waals surface area contributed by atoms with Gasteiger partial charge in [0.15, 0.2) is 0 Å². The van der Waals surface area contributed by atoms with Crippen molar-refractivity contribution in [3.8, 4) is 0 Å². The van der Waals surface area contributed by atoms with Crippen molar-refractivity contribution in [1.82, 2.24) is 4.90 Å². The Kier molecular flexibility index (Phi) is 3.98. The fourth-order valence-electron chi connectivity index (χ4n) is 2.90. The molecule has 5 heteroatoms. The first kappa shape index (κ1) is 13.5. The molecule has 2 aliphatic heterocycles. The number of piperazine rings is 1. The SMILES string of the molecule is CN1CCN(c2ccc(N3CCOCC3)cc2N)CC1. The molecule has 20 heavy (non-hydrogen) atoms. The summed E-state index contributed by atoms with van der Waals surface area (Å²) in [5.41, 5.74) is 9.56. The molecule has 0 unspecified atom stereocenters. The molecule has 1 aromatic carbocycles. The number of anilines is 3. The predicted octanol–water partition coefficient (Wildman–Crippen LogP) is 0.857. The zero-order valence-corrected chi connectivity index (χ0v) is 12.2. The summed E-state index contributed by atoms with van der Waals surface area (Å²) in [5.74, 6) is 0. The standard InChI is InChI=1S/C15H24N4O/c1-17-4-6-19(7-5-17)15-3-2-13(12-14(15)16)18-8-10-20-11-9-18/h2-3,12H,4-11,16H2,1H3. The van der Waals surface area contributed by atoms with Gasteiger partial charge in [-0.2, -0.15) is 0 Å². The van der Waals surface area contributed by atoms with Crippen molar-refractivity contribution in [2.24, 2.45) is 0 Å². The quantitative estimate of drug-likeness (QED) is 0.812. The molecule has 0 spiro atoms. The van der Waals surface area contributed by atoms with Crippen LogP contribution in [0.1, 0.15) is 0 Å². The first-order valence-electron chi connectivity index (χ1n) is 7.40. The second-order valence-electron chi connectivity index (χ2n) is 5.63. The van der Waals surface area contributed by atoms with Crippen LogP contribution in [-0.2, 0) is 4.74 Å². The maximum Gasteiger partial charge on any atom is 0.0642 e. The van der Waals surface area contributed by atoms with Gasteiger partial charge in [0, 0.05) is 45.0 Å². The number of nitrogen functional groups attached to an aromatic ring is 1. The van der Waals surface area contributed by atoms with Gasteiger partial charge >= 0.3 is 0 Å². The third-order valence-electron chi connectivity index (χ3n) is 4.23. The second-order valence-corrected chi connectivity index (χ2v) is 5.63. The number of morpholine rings is 1. The van der Waals surface area contributed by atoms with E-state index >= 15 is 0 Å². The molecular weight excluding hydrogens is 252 g/mol. The van der Waals surface area contributed by atoms with E-state index in [4.69, 9.17) is 10.5 Å². The number of hydrogen-bond donors (Lipinski definition) is 1. The lowest BCUT2D eigenvalue weighted by Crippen LogP contribution is -2.44. The lowest BCUT2D eigenvalue weighted by molar-refractivity contribution is 0.122. The molecule has 0 bridgehead atoms. The Morgan fingerprint density at radius 1 is 0.950 bits per heavy atom. The van der Waals surface area contributed by atoms with E-state index in [-0.39, 0.29) is 0 Å².